The lowest BCUT2D eigenvalue weighted by Crippen LogP contribution is -2.17. The zero-order valence-corrected chi connectivity index (χ0v) is 35.6. The molecule has 4 heteroatoms. The van der Waals surface area contributed by atoms with E-state index in [1.807, 2.05) is 6.07 Å². The van der Waals surface area contributed by atoms with Crippen molar-refractivity contribution in [3.05, 3.63) is 230 Å². The molecule has 1 aliphatic carbocycles. The van der Waals surface area contributed by atoms with Crippen molar-refractivity contribution >= 4 is 21.8 Å². The Morgan fingerprint density at radius 3 is 1.47 bits per heavy atom. The Morgan fingerprint density at radius 2 is 0.812 bits per heavy atom. The number of benzene rings is 9. The average molecular weight is 819 g/mol. The molecular formula is C60H42N4. The van der Waals surface area contributed by atoms with E-state index in [1.165, 1.54) is 55.3 Å². The summed E-state index contributed by atoms with van der Waals surface area (Å²) in [6, 6.07) is 77.8. The van der Waals surface area contributed by atoms with Crippen LogP contribution >= 0.6 is 0 Å². The first-order valence-electron chi connectivity index (χ1n) is 21.9. The highest BCUT2D eigenvalue weighted by Crippen LogP contribution is 2.53. The van der Waals surface area contributed by atoms with Crippen molar-refractivity contribution in [1.82, 2.24) is 19.5 Å². The van der Waals surface area contributed by atoms with Crippen LogP contribution in [0.15, 0.2) is 218 Å². The fourth-order valence-electron chi connectivity index (χ4n) is 9.89. The Balaban J connectivity index is 1.00. The molecule has 0 bridgehead atoms. The van der Waals surface area contributed by atoms with Crippen molar-refractivity contribution in [1.29, 1.82) is 0 Å². The minimum absolute atomic E-state index is 0.251. The van der Waals surface area contributed by atoms with E-state index in [4.69, 9.17) is 15.0 Å². The summed E-state index contributed by atoms with van der Waals surface area (Å²) in [5.74, 6) is 1.82. The molecule has 9 aromatic carbocycles. The van der Waals surface area contributed by atoms with Gasteiger partial charge in [-0.25, -0.2) is 4.98 Å². The quantitative estimate of drug-likeness (QED) is 0.161. The molecule has 0 saturated carbocycles. The van der Waals surface area contributed by atoms with E-state index >= 15 is 0 Å². The lowest BCUT2D eigenvalue weighted by atomic mass is 9.81. The number of aromatic nitrogens is 4. The second-order valence-corrected chi connectivity index (χ2v) is 17.2. The molecule has 0 unspecified atom stereocenters. The van der Waals surface area contributed by atoms with Crippen LogP contribution in [-0.4, -0.2) is 19.5 Å². The third-order valence-corrected chi connectivity index (χ3v) is 13.1. The number of rotatable bonds is 7. The zero-order valence-electron chi connectivity index (χ0n) is 35.6. The standard InChI is InChI=1S/C60H42N4/c1-60(2)53-25-11-9-23-49(53)51-35-36-52-50-24-10-12-26-54(50)64(56(52)55(51)60)59-62-57(61-58(63-59)48-22-14-21-47(38-48)40-17-7-4-8-18-40)44-33-31-43(32-34-44)46-20-13-19-45(37-46)42-29-27-41(28-30-42)39-15-5-3-6-16-39/h3-38H,1-2H3. The Labute approximate surface area is 372 Å². The van der Waals surface area contributed by atoms with Crippen LogP contribution in [0.5, 0.6) is 0 Å². The molecule has 0 N–H and O–H groups in total. The van der Waals surface area contributed by atoms with Crippen molar-refractivity contribution in [3.63, 3.8) is 0 Å². The first-order valence-corrected chi connectivity index (χ1v) is 21.9. The second-order valence-electron chi connectivity index (χ2n) is 17.2. The number of hydrogen-bond donors (Lipinski definition) is 0. The SMILES string of the molecule is CC1(C)c2ccccc2-c2ccc3c4ccccc4n(-c4nc(-c5ccc(-c6cccc(-c7ccc(-c8ccccc8)cc7)c6)cc5)nc(-c5cccc(-c6ccccc6)c5)n4)c3c21. The van der Waals surface area contributed by atoms with Crippen LogP contribution in [0.3, 0.4) is 0 Å². The molecule has 0 spiro atoms. The van der Waals surface area contributed by atoms with Crippen LogP contribution in [0.1, 0.15) is 25.0 Å². The van der Waals surface area contributed by atoms with Crippen LogP contribution in [-0.2, 0) is 5.41 Å². The highest BCUT2D eigenvalue weighted by molar-refractivity contribution is 6.13. The van der Waals surface area contributed by atoms with E-state index in [0.717, 1.165) is 44.4 Å². The van der Waals surface area contributed by atoms with Crippen LogP contribution in [0.4, 0.5) is 0 Å². The molecule has 1 aliphatic rings. The van der Waals surface area contributed by atoms with Crippen molar-refractivity contribution in [2.75, 3.05) is 0 Å². The van der Waals surface area contributed by atoms with Crippen LogP contribution in [0.25, 0.3) is 106 Å². The van der Waals surface area contributed by atoms with E-state index in [9.17, 15) is 0 Å². The number of para-hydroxylation sites is 1. The van der Waals surface area contributed by atoms with Gasteiger partial charge in [0.05, 0.1) is 11.0 Å². The van der Waals surface area contributed by atoms with E-state index in [2.05, 4.69) is 231 Å². The summed E-state index contributed by atoms with van der Waals surface area (Å²) >= 11 is 0. The second kappa shape index (κ2) is 15.0. The predicted molar refractivity (Wildman–Crippen MR) is 264 cm³/mol. The minimum Gasteiger partial charge on any atom is -0.277 e. The highest BCUT2D eigenvalue weighted by Gasteiger charge is 2.38. The largest absolute Gasteiger partial charge is 0.277 e. The molecular weight excluding hydrogens is 777 g/mol. The molecule has 0 radical (unpaired) electrons. The monoisotopic (exact) mass is 818 g/mol. The van der Waals surface area contributed by atoms with E-state index in [1.54, 1.807) is 0 Å². The maximum Gasteiger partial charge on any atom is 0.238 e. The summed E-state index contributed by atoms with van der Waals surface area (Å²) in [4.78, 5) is 16.1. The van der Waals surface area contributed by atoms with Gasteiger partial charge in [0.2, 0.25) is 5.95 Å². The molecule has 2 heterocycles. The van der Waals surface area contributed by atoms with Gasteiger partial charge < -0.3 is 0 Å². The molecule has 11 aromatic rings. The summed E-state index contributed by atoms with van der Waals surface area (Å²) in [6.07, 6.45) is 0. The van der Waals surface area contributed by atoms with E-state index < -0.39 is 0 Å². The summed E-state index contributed by atoms with van der Waals surface area (Å²) in [7, 11) is 0. The van der Waals surface area contributed by atoms with Gasteiger partial charge in [0.25, 0.3) is 0 Å². The van der Waals surface area contributed by atoms with Gasteiger partial charge in [0, 0.05) is 27.3 Å². The number of nitrogens with zero attached hydrogens (tertiary/aromatic N) is 4. The lowest BCUT2D eigenvalue weighted by Gasteiger charge is -2.23. The third-order valence-electron chi connectivity index (χ3n) is 13.1. The Morgan fingerprint density at radius 1 is 0.344 bits per heavy atom. The summed E-state index contributed by atoms with van der Waals surface area (Å²) < 4.78 is 2.29. The first-order chi connectivity index (χ1) is 31.5. The van der Waals surface area contributed by atoms with E-state index in [0.29, 0.717) is 17.6 Å². The molecule has 64 heavy (non-hydrogen) atoms. The highest BCUT2D eigenvalue weighted by atomic mass is 15.2. The molecule has 2 aromatic heterocycles. The van der Waals surface area contributed by atoms with Crippen molar-refractivity contribution in [2.24, 2.45) is 0 Å². The van der Waals surface area contributed by atoms with Crippen molar-refractivity contribution < 1.29 is 0 Å². The Hall–Kier alpha value is -8.21. The van der Waals surface area contributed by atoms with Gasteiger partial charge in [-0.1, -0.05) is 214 Å². The minimum atomic E-state index is -0.251. The molecule has 0 atom stereocenters. The van der Waals surface area contributed by atoms with Gasteiger partial charge in [-0.15, -0.1) is 0 Å². The third kappa shape index (κ3) is 6.26. The van der Waals surface area contributed by atoms with Crippen LogP contribution in [0, 0.1) is 0 Å². The molecule has 0 fully saturated rings. The van der Waals surface area contributed by atoms with Gasteiger partial charge >= 0.3 is 0 Å². The van der Waals surface area contributed by atoms with Gasteiger partial charge in [-0.05, 0) is 85.0 Å². The fourth-order valence-corrected chi connectivity index (χ4v) is 9.89. The summed E-state index contributed by atoms with van der Waals surface area (Å²) in [5, 5.41) is 2.35. The van der Waals surface area contributed by atoms with Crippen molar-refractivity contribution in [3.8, 4) is 84.4 Å². The molecule has 12 rings (SSSR count). The molecule has 0 aliphatic heterocycles. The maximum absolute atomic E-state index is 5.40. The average Bonchev–Trinajstić information content (AvgIpc) is 3.82. The van der Waals surface area contributed by atoms with Crippen LogP contribution < -0.4 is 0 Å². The number of hydrogen-bond acceptors (Lipinski definition) is 3. The molecule has 4 nitrogen and oxygen atoms in total. The van der Waals surface area contributed by atoms with Gasteiger partial charge in [0.15, 0.2) is 11.6 Å². The zero-order chi connectivity index (χ0) is 42.8. The summed E-state index contributed by atoms with van der Waals surface area (Å²) in [6.45, 7) is 4.69. The van der Waals surface area contributed by atoms with Gasteiger partial charge in [-0.3, -0.25) is 4.57 Å². The smallest absolute Gasteiger partial charge is 0.238 e. The Kier molecular flexibility index (Phi) is 8.80. The van der Waals surface area contributed by atoms with E-state index in [-0.39, 0.29) is 5.41 Å². The molecule has 0 saturated heterocycles. The topological polar surface area (TPSA) is 43.6 Å². The van der Waals surface area contributed by atoms with Crippen LogP contribution in [0.2, 0.25) is 0 Å². The van der Waals surface area contributed by atoms with Crippen molar-refractivity contribution in [2.45, 2.75) is 19.3 Å². The first kappa shape index (κ1) is 37.5. The Bertz CT molecular complexity index is 3550. The van der Waals surface area contributed by atoms with Gasteiger partial charge in [0.1, 0.15) is 0 Å². The van der Waals surface area contributed by atoms with Gasteiger partial charge in [-0.2, -0.15) is 9.97 Å². The lowest BCUT2D eigenvalue weighted by molar-refractivity contribution is 0.663. The molecule has 0 amide bonds. The number of fused-ring (bicyclic) bond motifs is 7. The maximum atomic E-state index is 5.40. The normalized spacial score (nSPS) is 12.7. The predicted octanol–water partition coefficient (Wildman–Crippen LogP) is 15.3. The summed E-state index contributed by atoms with van der Waals surface area (Å²) in [5.41, 5.74) is 18.2. The fraction of sp³-hybridized carbons (Fsp3) is 0.0500. The molecule has 302 valence electrons.